The number of nitrogen functional groups attached to an aromatic ring is 1. The molecule has 3 rings (SSSR count). The van der Waals surface area contributed by atoms with Gasteiger partial charge in [0.25, 0.3) is 0 Å². The predicted octanol–water partition coefficient (Wildman–Crippen LogP) is 3.89. The van der Waals surface area contributed by atoms with Crippen LogP contribution in [-0.2, 0) is 16.6 Å². The summed E-state index contributed by atoms with van der Waals surface area (Å²) in [6.07, 6.45) is 0. The number of para-hydroxylation sites is 1. The van der Waals surface area contributed by atoms with Crippen LogP contribution in [0.25, 0.3) is 10.9 Å². The number of halogens is 1. The van der Waals surface area contributed by atoms with Crippen LogP contribution in [-0.4, -0.2) is 9.19 Å². The number of hydrogen-bond donors (Lipinski definition) is 1. The van der Waals surface area contributed by atoms with Gasteiger partial charge in [-0.05, 0) is 30.3 Å². The second-order valence-corrected chi connectivity index (χ2v) is 7.00. The molecule has 0 saturated carbocycles. The summed E-state index contributed by atoms with van der Waals surface area (Å²) in [5, 5.41) is 1.08. The number of pyridine rings is 1. The number of aromatic nitrogens is 1. The zero-order chi connectivity index (χ0) is 14.8. The third-order valence-electron chi connectivity index (χ3n) is 3.16. The fraction of sp³-hybridized carbons (Fsp3) is 0.0625. The van der Waals surface area contributed by atoms with Gasteiger partial charge in [-0.1, -0.05) is 40.2 Å². The summed E-state index contributed by atoms with van der Waals surface area (Å²) in [4.78, 5) is 5.19. The zero-order valence-corrected chi connectivity index (χ0v) is 13.5. The van der Waals surface area contributed by atoms with E-state index in [1.807, 2.05) is 42.5 Å². The van der Waals surface area contributed by atoms with Gasteiger partial charge in [0.05, 0.1) is 32.7 Å². The second-order valence-electron chi connectivity index (χ2n) is 4.67. The first-order chi connectivity index (χ1) is 10.1. The summed E-state index contributed by atoms with van der Waals surface area (Å²) in [6.45, 7) is 0. The van der Waals surface area contributed by atoms with Crippen molar-refractivity contribution in [3.63, 3.8) is 0 Å². The van der Waals surface area contributed by atoms with Crippen molar-refractivity contribution in [2.75, 3.05) is 5.73 Å². The van der Waals surface area contributed by atoms with Gasteiger partial charge in [0.2, 0.25) is 0 Å². The van der Waals surface area contributed by atoms with Crippen LogP contribution in [0.3, 0.4) is 0 Å². The molecule has 3 aromatic rings. The second kappa shape index (κ2) is 5.95. The van der Waals surface area contributed by atoms with Crippen LogP contribution < -0.4 is 5.73 Å². The predicted molar refractivity (Wildman–Crippen MR) is 90.4 cm³/mol. The molecule has 0 bridgehead atoms. The summed E-state index contributed by atoms with van der Waals surface area (Å²) in [5.41, 5.74) is 8.15. The Labute approximate surface area is 133 Å². The Morgan fingerprint density at radius 2 is 1.90 bits per heavy atom. The molecule has 0 aliphatic rings. The minimum Gasteiger partial charge on any atom is -0.398 e. The van der Waals surface area contributed by atoms with E-state index in [2.05, 4.69) is 20.9 Å². The summed E-state index contributed by atoms with van der Waals surface area (Å²) < 4.78 is 13.4. The number of benzene rings is 2. The normalized spacial score (nSPS) is 12.4. The van der Waals surface area contributed by atoms with Gasteiger partial charge < -0.3 is 5.73 Å². The first-order valence-electron chi connectivity index (χ1n) is 6.41. The lowest BCUT2D eigenvalue weighted by atomic mass is 10.2. The third-order valence-corrected chi connectivity index (χ3v) is 5.05. The molecule has 0 aliphatic heterocycles. The molecule has 2 N–H and O–H groups in total. The first-order valence-corrected chi connectivity index (χ1v) is 8.53. The van der Waals surface area contributed by atoms with E-state index in [9.17, 15) is 4.21 Å². The van der Waals surface area contributed by atoms with Crippen molar-refractivity contribution in [3.8, 4) is 0 Å². The van der Waals surface area contributed by atoms with E-state index >= 15 is 0 Å². The van der Waals surface area contributed by atoms with Crippen LogP contribution in [0, 0.1) is 0 Å². The van der Waals surface area contributed by atoms with Crippen LogP contribution in [0.4, 0.5) is 5.69 Å². The van der Waals surface area contributed by atoms with E-state index in [1.165, 1.54) is 0 Å². The molecule has 106 valence electrons. The number of fused-ring (bicyclic) bond motifs is 1. The van der Waals surface area contributed by atoms with E-state index in [-0.39, 0.29) is 0 Å². The van der Waals surface area contributed by atoms with Gasteiger partial charge in [-0.3, -0.25) is 9.19 Å². The Morgan fingerprint density at radius 3 is 2.76 bits per heavy atom. The highest BCUT2D eigenvalue weighted by atomic mass is 79.9. The van der Waals surface area contributed by atoms with Crippen molar-refractivity contribution in [1.29, 1.82) is 0 Å². The van der Waals surface area contributed by atoms with Gasteiger partial charge in [0.15, 0.2) is 0 Å². The van der Waals surface area contributed by atoms with Crippen molar-refractivity contribution in [2.45, 2.75) is 10.6 Å². The lowest BCUT2D eigenvalue weighted by molar-refractivity contribution is 0.682. The largest absolute Gasteiger partial charge is 0.398 e. The van der Waals surface area contributed by atoms with Crippen LogP contribution in [0.2, 0.25) is 0 Å². The Morgan fingerprint density at radius 1 is 1.10 bits per heavy atom. The van der Waals surface area contributed by atoms with Crippen LogP contribution in [0.5, 0.6) is 0 Å². The standard InChI is InChI=1S/C16H13BrN2OS/c17-12-6-8-14(18)16(9-12)21(20)10-13-7-5-11-3-1-2-4-15(11)19-13/h1-9H,10,18H2. The van der Waals surface area contributed by atoms with Crippen molar-refractivity contribution in [2.24, 2.45) is 0 Å². The number of hydrogen-bond acceptors (Lipinski definition) is 3. The average Bonchev–Trinajstić information content (AvgIpc) is 2.49. The number of anilines is 1. The van der Waals surface area contributed by atoms with Gasteiger partial charge in [0.1, 0.15) is 0 Å². The molecule has 1 unspecified atom stereocenters. The fourth-order valence-electron chi connectivity index (χ4n) is 2.11. The van der Waals surface area contributed by atoms with E-state index in [0.717, 1.165) is 21.1 Å². The molecule has 1 aromatic heterocycles. The lowest BCUT2D eigenvalue weighted by Gasteiger charge is -2.07. The maximum absolute atomic E-state index is 12.5. The molecular formula is C16H13BrN2OS. The molecule has 1 heterocycles. The molecule has 0 radical (unpaired) electrons. The average molecular weight is 361 g/mol. The van der Waals surface area contributed by atoms with Crippen LogP contribution >= 0.6 is 15.9 Å². The van der Waals surface area contributed by atoms with Gasteiger partial charge in [0, 0.05) is 15.5 Å². The summed E-state index contributed by atoms with van der Waals surface area (Å²) in [6, 6.07) is 17.2. The molecule has 0 spiro atoms. The van der Waals surface area contributed by atoms with Gasteiger partial charge in [-0.25, -0.2) is 0 Å². The monoisotopic (exact) mass is 360 g/mol. The van der Waals surface area contributed by atoms with Gasteiger partial charge in [-0.15, -0.1) is 0 Å². The highest BCUT2D eigenvalue weighted by Gasteiger charge is 2.11. The van der Waals surface area contributed by atoms with E-state index < -0.39 is 10.8 Å². The van der Waals surface area contributed by atoms with E-state index in [0.29, 0.717) is 16.3 Å². The minimum atomic E-state index is -1.22. The van der Waals surface area contributed by atoms with Crippen molar-refractivity contribution in [3.05, 3.63) is 64.8 Å². The molecule has 0 fully saturated rings. The number of nitrogens with two attached hydrogens (primary N) is 1. The van der Waals surface area contributed by atoms with Crippen molar-refractivity contribution < 1.29 is 4.21 Å². The Hall–Kier alpha value is -1.72. The SMILES string of the molecule is Nc1ccc(Br)cc1S(=O)Cc1ccc2ccccc2n1. The molecule has 0 aliphatic carbocycles. The zero-order valence-electron chi connectivity index (χ0n) is 11.1. The summed E-state index contributed by atoms with van der Waals surface area (Å²) in [7, 11) is -1.22. The molecule has 21 heavy (non-hydrogen) atoms. The molecule has 0 saturated heterocycles. The van der Waals surface area contributed by atoms with Gasteiger partial charge >= 0.3 is 0 Å². The first kappa shape index (κ1) is 14.2. The van der Waals surface area contributed by atoms with Crippen LogP contribution in [0.1, 0.15) is 5.69 Å². The molecule has 2 aromatic carbocycles. The summed E-state index contributed by atoms with van der Waals surface area (Å²) in [5.74, 6) is 0.353. The fourth-order valence-corrected chi connectivity index (χ4v) is 3.79. The van der Waals surface area contributed by atoms with E-state index in [1.54, 1.807) is 12.1 Å². The maximum atomic E-state index is 12.5. The Bertz CT molecular complexity index is 835. The maximum Gasteiger partial charge on any atom is 0.0706 e. The van der Waals surface area contributed by atoms with Crippen molar-refractivity contribution in [1.82, 2.24) is 4.98 Å². The van der Waals surface area contributed by atoms with Crippen molar-refractivity contribution >= 4 is 43.3 Å². The quantitative estimate of drug-likeness (QED) is 0.720. The Kier molecular flexibility index (Phi) is 4.03. The smallest absolute Gasteiger partial charge is 0.0706 e. The third kappa shape index (κ3) is 3.14. The highest BCUT2D eigenvalue weighted by Crippen LogP contribution is 2.23. The molecular weight excluding hydrogens is 348 g/mol. The Balaban J connectivity index is 1.90. The lowest BCUT2D eigenvalue weighted by Crippen LogP contribution is -2.02. The molecule has 3 nitrogen and oxygen atoms in total. The number of rotatable bonds is 3. The molecule has 1 atom stereocenters. The molecule has 0 amide bonds. The highest BCUT2D eigenvalue weighted by molar-refractivity contribution is 9.10. The number of nitrogens with zero attached hydrogens (tertiary/aromatic N) is 1. The van der Waals surface area contributed by atoms with E-state index in [4.69, 9.17) is 5.73 Å². The minimum absolute atomic E-state index is 0.353. The van der Waals surface area contributed by atoms with Gasteiger partial charge in [-0.2, -0.15) is 0 Å². The summed E-state index contributed by atoms with van der Waals surface area (Å²) >= 11 is 3.38. The topological polar surface area (TPSA) is 56.0 Å². The molecule has 5 heteroatoms. The van der Waals surface area contributed by atoms with Crippen LogP contribution in [0.15, 0.2) is 64.0 Å².